The maximum Gasteiger partial charge on any atom is 0.339 e. The quantitative estimate of drug-likeness (QED) is 0.493. The second kappa shape index (κ2) is 10.5. The third kappa shape index (κ3) is 5.23. The van der Waals surface area contributed by atoms with E-state index in [4.69, 9.17) is 20.6 Å². The summed E-state index contributed by atoms with van der Waals surface area (Å²) in [5.41, 5.74) is 1.28. The van der Waals surface area contributed by atoms with Crippen LogP contribution in [0.1, 0.15) is 33.3 Å². The van der Waals surface area contributed by atoms with Crippen molar-refractivity contribution < 1.29 is 23.8 Å². The number of amides is 1. The zero-order valence-electron chi connectivity index (χ0n) is 19.3. The van der Waals surface area contributed by atoms with Crippen molar-refractivity contribution in [2.75, 3.05) is 63.4 Å². The smallest absolute Gasteiger partial charge is 0.339 e. The molecule has 0 spiro atoms. The number of aromatic nitrogens is 1. The molecule has 1 aromatic carbocycles. The zero-order valence-corrected chi connectivity index (χ0v) is 20.2. The second-order valence-electron chi connectivity index (χ2n) is 8.33. The van der Waals surface area contributed by atoms with Gasteiger partial charge in [0.1, 0.15) is 11.2 Å². The van der Waals surface area contributed by atoms with E-state index in [1.807, 2.05) is 13.0 Å². The van der Waals surface area contributed by atoms with Gasteiger partial charge in [-0.15, -0.1) is 17.8 Å². The Kier molecular flexibility index (Phi) is 7.48. The van der Waals surface area contributed by atoms with Gasteiger partial charge in [-0.05, 0) is 24.6 Å². The molecule has 4 rings (SSSR count). The van der Waals surface area contributed by atoms with E-state index in [1.54, 1.807) is 17.5 Å². The zero-order chi connectivity index (χ0) is 24.1. The molecule has 1 unspecified atom stereocenters. The summed E-state index contributed by atoms with van der Waals surface area (Å²) in [7, 11) is 1.31. The van der Waals surface area contributed by atoms with Gasteiger partial charge in [0.05, 0.1) is 44.8 Å². The highest BCUT2D eigenvalue weighted by Crippen LogP contribution is 2.26. The van der Waals surface area contributed by atoms with Gasteiger partial charge < -0.3 is 24.4 Å². The summed E-state index contributed by atoms with van der Waals surface area (Å²) in [6.07, 6.45) is 5.76. The number of hydrogen-bond donors (Lipinski definition) is 1. The lowest BCUT2D eigenvalue weighted by Gasteiger charge is -2.41. The van der Waals surface area contributed by atoms with Gasteiger partial charge in [-0.25, -0.2) is 9.78 Å². The van der Waals surface area contributed by atoms with E-state index in [2.05, 4.69) is 26.0 Å². The van der Waals surface area contributed by atoms with E-state index in [0.717, 1.165) is 23.8 Å². The summed E-state index contributed by atoms with van der Waals surface area (Å²) in [4.78, 5) is 34.1. The van der Waals surface area contributed by atoms with E-state index in [0.29, 0.717) is 50.9 Å². The van der Waals surface area contributed by atoms with Crippen LogP contribution in [0.3, 0.4) is 0 Å². The fraction of sp³-hybridized carbons (Fsp3) is 0.458. The maximum atomic E-state index is 12.9. The minimum atomic E-state index is -0.536. The summed E-state index contributed by atoms with van der Waals surface area (Å²) in [5, 5.41) is 5.30. The van der Waals surface area contributed by atoms with Crippen LogP contribution in [0.2, 0.25) is 0 Å². The Hall–Kier alpha value is -2.97. The third-order valence-corrected chi connectivity index (χ3v) is 6.92. The summed E-state index contributed by atoms with van der Waals surface area (Å²) in [6, 6.07) is 5.31. The average molecular weight is 485 g/mol. The lowest BCUT2D eigenvalue weighted by molar-refractivity contribution is -0.0362. The fourth-order valence-electron chi connectivity index (χ4n) is 3.92. The lowest BCUT2D eigenvalue weighted by atomic mass is 9.99. The largest absolute Gasteiger partial charge is 0.465 e. The van der Waals surface area contributed by atoms with Gasteiger partial charge in [-0.1, -0.05) is 12.0 Å². The van der Waals surface area contributed by atoms with E-state index >= 15 is 0 Å². The van der Waals surface area contributed by atoms with Crippen molar-refractivity contribution in [3.63, 3.8) is 0 Å². The fourth-order valence-corrected chi connectivity index (χ4v) is 4.78. The van der Waals surface area contributed by atoms with Crippen LogP contribution in [0.4, 0.5) is 10.8 Å². The predicted molar refractivity (Wildman–Crippen MR) is 129 cm³/mol. The molecule has 2 saturated heterocycles. The van der Waals surface area contributed by atoms with Crippen molar-refractivity contribution in [1.29, 1.82) is 0 Å². The molecule has 2 aromatic rings. The molecule has 3 heterocycles. The number of carbonyl (C=O) groups excluding carboxylic acids is 2. The van der Waals surface area contributed by atoms with Crippen molar-refractivity contribution in [2.24, 2.45) is 0 Å². The first-order valence-corrected chi connectivity index (χ1v) is 11.9. The molecular formula is C24H28N4O5S. The number of morpholine rings is 2. The van der Waals surface area contributed by atoms with Crippen LogP contribution < -0.4 is 10.2 Å². The van der Waals surface area contributed by atoms with E-state index in [9.17, 15) is 9.59 Å². The average Bonchev–Trinajstić information content (AvgIpc) is 3.37. The molecule has 180 valence electrons. The van der Waals surface area contributed by atoms with E-state index < -0.39 is 11.5 Å². The van der Waals surface area contributed by atoms with Crippen molar-refractivity contribution in [3.05, 3.63) is 40.4 Å². The Labute approximate surface area is 203 Å². The topological polar surface area (TPSA) is 93.2 Å². The summed E-state index contributed by atoms with van der Waals surface area (Å²) >= 11 is 1.41. The molecule has 2 fully saturated rings. The number of nitrogens with one attached hydrogen (secondary N) is 1. The van der Waals surface area contributed by atoms with Crippen molar-refractivity contribution >= 4 is 34.0 Å². The first-order valence-electron chi connectivity index (χ1n) is 11.0. The molecule has 2 aliphatic rings. The monoisotopic (exact) mass is 484 g/mol. The number of esters is 1. The molecule has 1 amide bonds. The van der Waals surface area contributed by atoms with Gasteiger partial charge in [0.2, 0.25) is 0 Å². The molecule has 0 bridgehead atoms. The Balaban J connectivity index is 1.51. The molecule has 2 aliphatic heterocycles. The molecule has 1 N–H and O–H groups in total. The van der Waals surface area contributed by atoms with Crippen LogP contribution in [0.15, 0.2) is 23.6 Å². The second-order valence-corrected chi connectivity index (χ2v) is 9.17. The molecule has 1 atom stereocenters. The molecule has 0 radical (unpaired) electrons. The predicted octanol–water partition coefficient (Wildman–Crippen LogP) is 2.24. The van der Waals surface area contributed by atoms with Crippen LogP contribution in [-0.2, 0) is 20.8 Å². The number of terminal acetylenes is 1. The number of hydrogen-bond acceptors (Lipinski definition) is 9. The van der Waals surface area contributed by atoms with Gasteiger partial charge in [0, 0.05) is 31.6 Å². The maximum absolute atomic E-state index is 12.9. The van der Waals surface area contributed by atoms with Crippen LogP contribution in [0.25, 0.3) is 0 Å². The van der Waals surface area contributed by atoms with E-state index in [1.165, 1.54) is 18.4 Å². The minimum Gasteiger partial charge on any atom is -0.465 e. The lowest BCUT2D eigenvalue weighted by Crippen LogP contribution is -2.53. The molecule has 10 heteroatoms. The van der Waals surface area contributed by atoms with Gasteiger partial charge >= 0.3 is 5.97 Å². The number of ether oxygens (including phenoxy) is 3. The summed E-state index contributed by atoms with van der Waals surface area (Å²) < 4.78 is 15.9. The standard InChI is InChI=1S/C24H28N4O5S/c1-4-24(2)16-33-12-9-28(24)14-17-5-6-19(18(13-17)22(30)31-3)25-21(29)20-15-34-23(26-20)27-7-10-32-11-8-27/h1,5-6,13,15H,7-12,14,16H2,2-3H3,(H,25,29). The van der Waals surface area contributed by atoms with Gasteiger partial charge in [0.25, 0.3) is 5.91 Å². The van der Waals surface area contributed by atoms with Crippen LogP contribution in [0.5, 0.6) is 0 Å². The van der Waals surface area contributed by atoms with Crippen LogP contribution in [-0.4, -0.2) is 80.5 Å². The molecular weight excluding hydrogens is 456 g/mol. The minimum absolute atomic E-state index is 0.271. The highest BCUT2D eigenvalue weighted by atomic mass is 32.1. The van der Waals surface area contributed by atoms with Crippen molar-refractivity contribution in [2.45, 2.75) is 19.0 Å². The number of anilines is 2. The first-order chi connectivity index (χ1) is 16.4. The van der Waals surface area contributed by atoms with Gasteiger partial charge in [0.15, 0.2) is 5.13 Å². The number of nitrogens with zero attached hydrogens (tertiary/aromatic N) is 3. The third-order valence-electron chi connectivity index (χ3n) is 6.01. The summed E-state index contributed by atoms with van der Waals surface area (Å²) in [5.74, 6) is 1.89. The summed E-state index contributed by atoms with van der Waals surface area (Å²) in [6.45, 7) is 6.98. The number of carbonyl (C=O) groups is 2. The molecule has 34 heavy (non-hydrogen) atoms. The number of thiazole rings is 1. The van der Waals surface area contributed by atoms with E-state index in [-0.39, 0.29) is 11.5 Å². The Morgan fingerprint density at radius 3 is 2.76 bits per heavy atom. The highest BCUT2D eigenvalue weighted by molar-refractivity contribution is 7.14. The number of methoxy groups -OCH3 is 1. The Bertz CT molecular complexity index is 1090. The molecule has 1 aromatic heterocycles. The Morgan fingerprint density at radius 1 is 1.26 bits per heavy atom. The van der Waals surface area contributed by atoms with Crippen molar-refractivity contribution in [1.82, 2.24) is 9.88 Å². The number of benzene rings is 1. The van der Waals surface area contributed by atoms with Gasteiger partial charge in [-0.3, -0.25) is 9.69 Å². The normalized spacial score (nSPS) is 21.0. The first kappa shape index (κ1) is 24.2. The SMILES string of the molecule is C#CC1(C)COCCN1Cc1ccc(NC(=O)c2csc(N3CCOCC3)n2)c(C(=O)OC)c1. The molecule has 0 saturated carbocycles. The molecule has 9 nitrogen and oxygen atoms in total. The highest BCUT2D eigenvalue weighted by Gasteiger charge is 2.33. The number of rotatable bonds is 6. The van der Waals surface area contributed by atoms with Crippen LogP contribution in [0, 0.1) is 12.3 Å². The molecule has 0 aliphatic carbocycles. The van der Waals surface area contributed by atoms with Gasteiger partial charge in [-0.2, -0.15) is 0 Å². The Morgan fingerprint density at radius 2 is 2.03 bits per heavy atom. The van der Waals surface area contributed by atoms with Crippen LogP contribution >= 0.6 is 11.3 Å². The van der Waals surface area contributed by atoms with Crippen molar-refractivity contribution in [3.8, 4) is 12.3 Å².